The molecule has 2 aromatic carbocycles. The Morgan fingerprint density at radius 2 is 1.75 bits per heavy atom. The van der Waals surface area contributed by atoms with Crippen LogP contribution in [0.25, 0.3) is 33.4 Å². The predicted molar refractivity (Wildman–Crippen MR) is 108 cm³/mol. The second-order valence-corrected chi connectivity index (χ2v) is 6.54. The van der Waals surface area contributed by atoms with Gasteiger partial charge in [0.05, 0.1) is 5.69 Å². The third-order valence-corrected chi connectivity index (χ3v) is 4.85. The number of aromatic nitrogens is 2. The van der Waals surface area contributed by atoms with Gasteiger partial charge in [-0.15, -0.1) is 0 Å². The second kappa shape index (κ2) is 6.74. The summed E-state index contributed by atoms with van der Waals surface area (Å²) < 4.78 is 0. The van der Waals surface area contributed by atoms with Crippen LogP contribution in [0.4, 0.5) is 0 Å². The van der Waals surface area contributed by atoms with Crippen LogP contribution in [0.3, 0.4) is 0 Å². The molecule has 4 aromatic rings. The quantitative estimate of drug-likeness (QED) is 0.430. The molecule has 0 saturated carbocycles. The molecular formula is C22H18N2O4. The van der Waals surface area contributed by atoms with Crippen LogP contribution in [0.1, 0.15) is 22.8 Å². The molecule has 2 aromatic heterocycles. The second-order valence-electron chi connectivity index (χ2n) is 6.54. The van der Waals surface area contributed by atoms with Crippen molar-refractivity contribution in [2.24, 2.45) is 0 Å². The zero-order valence-corrected chi connectivity index (χ0v) is 15.1. The molecule has 28 heavy (non-hydrogen) atoms. The highest BCUT2D eigenvalue weighted by molar-refractivity contribution is 5.93. The van der Waals surface area contributed by atoms with Crippen LogP contribution < -0.4 is 5.56 Å². The van der Waals surface area contributed by atoms with E-state index in [2.05, 4.69) is 9.97 Å². The van der Waals surface area contributed by atoms with E-state index in [1.807, 2.05) is 54.6 Å². The summed E-state index contributed by atoms with van der Waals surface area (Å²) in [5.41, 5.74) is 3.05. The van der Waals surface area contributed by atoms with Crippen LogP contribution in [0.2, 0.25) is 0 Å². The van der Waals surface area contributed by atoms with Crippen molar-refractivity contribution in [3.05, 3.63) is 76.1 Å². The lowest BCUT2D eigenvalue weighted by atomic mass is 9.99. The van der Waals surface area contributed by atoms with Gasteiger partial charge in [-0.25, -0.2) is 4.79 Å². The Labute approximate surface area is 160 Å². The first-order valence-electron chi connectivity index (χ1n) is 8.89. The Balaban J connectivity index is 1.88. The smallest absolute Gasteiger partial charge is 0.345 e. The first kappa shape index (κ1) is 17.6. The molecule has 0 unspecified atom stereocenters. The molecule has 0 aliphatic carbocycles. The van der Waals surface area contributed by atoms with E-state index in [-0.39, 0.29) is 0 Å². The maximum absolute atomic E-state index is 12.2. The molecule has 6 nitrogen and oxygen atoms in total. The van der Waals surface area contributed by atoms with E-state index in [1.165, 1.54) is 0 Å². The van der Waals surface area contributed by atoms with Gasteiger partial charge in [0.15, 0.2) is 5.56 Å². The molecule has 140 valence electrons. The lowest BCUT2D eigenvalue weighted by molar-refractivity contribution is 0.0691. The summed E-state index contributed by atoms with van der Waals surface area (Å²) in [5.74, 6) is -1.93. The molecule has 0 bridgehead atoms. The SMILES string of the molecule is CCc1c(-c2ccc3[nH]c(-c4ccccc4)cc3c2)[nH]c(=O)c(C(=O)O)c1O. The van der Waals surface area contributed by atoms with Crippen molar-refractivity contribution in [1.29, 1.82) is 0 Å². The van der Waals surface area contributed by atoms with Gasteiger partial charge in [-0.05, 0) is 35.7 Å². The third kappa shape index (κ3) is 2.85. The predicted octanol–water partition coefficient (Wildman–Crippen LogP) is 4.16. The van der Waals surface area contributed by atoms with Gasteiger partial charge in [-0.2, -0.15) is 0 Å². The molecule has 0 atom stereocenters. The summed E-state index contributed by atoms with van der Waals surface area (Å²) in [6.45, 7) is 1.80. The maximum Gasteiger partial charge on any atom is 0.345 e. The van der Waals surface area contributed by atoms with E-state index in [1.54, 1.807) is 6.92 Å². The van der Waals surface area contributed by atoms with Crippen LogP contribution >= 0.6 is 0 Å². The summed E-state index contributed by atoms with van der Waals surface area (Å²) in [5, 5.41) is 20.5. The van der Waals surface area contributed by atoms with E-state index in [0.29, 0.717) is 23.2 Å². The molecule has 0 aliphatic rings. The van der Waals surface area contributed by atoms with Crippen molar-refractivity contribution in [2.45, 2.75) is 13.3 Å². The lowest BCUT2D eigenvalue weighted by Crippen LogP contribution is -2.20. The molecule has 4 rings (SSSR count). The summed E-state index contributed by atoms with van der Waals surface area (Å²) in [7, 11) is 0. The van der Waals surface area contributed by atoms with Crippen molar-refractivity contribution >= 4 is 16.9 Å². The van der Waals surface area contributed by atoms with Gasteiger partial charge >= 0.3 is 5.97 Å². The largest absolute Gasteiger partial charge is 0.506 e. The summed E-state index contributed by atoms with van der Waals surface area (Å²) in [4.78, 5) is 29.5. The fourth-order valence-corrected chi connectivity index (χ4v) is 3.48. The first-order valence-corrected chi connectivity index (χ1v) is 8.89. The minimum atomic E-state index is -1.45. The standard InChI is InChI=1S/C22H18N2O4/c1-2-15-19(24-21(26)18(20(15)25)22(27)28)13-8-9-16-14(10-13)11-17(23-16)12-6-4-3-5-7-12/h3-11,23H,2H2,1H3,(H,27,28)(H2,24,25,26). The van der Waals surface area contributed by atoms with Crippen molar-refractivity contribution in [3.63, 3.8) is 0 Å². The highest BCUT2D eigenvalue weighted by Crippen LogP contribution is 2.32. The Kier molecular flexibility index (Phi) is 4.24. The van der Waals surface area contributed by atoms with E-state index < -0.39 is 22.8 Å². The number of aromatic hydroxyl groups is 1. The van der Waals surface area contributed by atoms with Crippen LogP contribution in [-0.4, -0.2) is 26.2 Å². The average Bonchev–Trinajstić information content (AvgIpc) is 3.11. The van der Waals surface area contributed by atoms with Gasteiger partial charge in [0.2, 0.25) is 0 Å². The van der Waals surface area contributed by atoms with E-state index in [4.69, 9.17) is 0 Å². The van der Waals surface area contributed by atoms with Gasteiger partial charge in [0, 0.05) is 22.2 Å². The number of H-pyrrole nitrogens is 2. The number of benzene rings is 2. The summed E-state index contributed by atoms with van der Waals surface area (Å²) in [6.07, 6.45) is 0.374. The van der Waals surface area contributed by atoms with Crippen molar-refractivity contribution < 1.29 is 15.0 Å². The van der Waals surface area contributed by atoms with Gasteiger partial charge in [-0.3, -0.25) is 4.79 Å². The molecule has 0 amide bonds. The number of rotatable bonds is 4. The van der Waals surface area contributed by atoms with E-state index >= 15 is 0 Å². The maximum atomic E-state index is 12.2. The van der Waals surface area contributed by atoms with Gasteiger partial charge in [0.1, 0.15) is 5.75 Å². The topological polar surface area (TPSA) is 106 Å². The molecule has 0 radical (unpaired) electrons. The normalized spacial score (nSPS) is 11.0. The highest BCUT2D eigenvalue weighted by Gasteiger charge is 2.22. The van der Waals surface area contributed by atoms with Crippen LogP contribution in [-0.2, 0) is 6.42 Å². The number of aromatic carboxylic acids is 1. The molecular weight excluding hydrogens is 356 g/mol. The van der Waals surface area contributed by atoms with Crippen LogP contribution in [0.15, 0.2) is 59.4 Å². The van der Waals surface area contributed by atoms with Crippen molar-refractivity contribution in [1.82, 2.24) is 9.97 Å². The van der Waals surface area contributed by atoms with E-state index in [9.17, 15) is 19.8 Å². The van der Waals surface area contributed by atoms with Gasteiger partial charge in [0.25, 0.3) is 5.56 Å². The van der Waals surface area contributed by atoms with Crippen LogP contribution in [0, 0.1) is 0 Å². The van der Waals surface area contributed by atoms with E-state index in [0.717, 1.165) is 22.2 Å². The number of aromatic amines is 2. The number of fused-ring (bicyclic) bond motifs is 1. The monoisotopic (exact) mass is 374 g/mol. The number of carboxylic acid groups (broad SMARTS) is 1. The van der Waals surface area contributed by atoms with Gasteiger partial charge in [-0.1, -0.05) is 43.3 Å². The summed E-state index contributed by atoms with van der Waals surface area (Å²) in [6, 6.07) is 17.6. The zero-order valence-electron chi connectivity index (χ0n) is 15.1. The number of hydrogen-bond acceptors (Lipinski definition) is 3. The molecule has 4 N–H and O–H groups in total. The number of carboxylic acids is 1. The molecule has 0 saturated heterocycles. The lowest BCUT2D eigenvalue weighted by Gasteiger charge is -2.12. The minimum absolute atomic E-state index is 0.374. The fourth-order valence-electron chi connectivity index (χ4n) is 3.48. The molecule has 0 spiro atoms. The minimum Gasteiger partial charge on any atom is -0.506 e. The number of hydrogen-bond donors (Lipinski definition) is 4. The fraction of sp³-hybridized carbons (Fsp3) is 0.0909. The number of nitrogens with one attached hydrogen (secondary N) is 2. The molecule has 0 fully saturated rings. The zero-order chi connectivity index (χ0) is 19.8. The Morgan fingerprint density at radius 3 is 2.43 bits per heavy atom. The van der Waals surface area contributed by atoms with Crippen LogP contribution in [0.5, 0.6) is 5.75 Å². The number of carbonyl (C=O) groups is 1. The van der Waals surface area contributed by atoms with Crippen molar-refractivity contribution in [3.8, 4) is 28.3 Å². The molecule has 6 heteroatoms. The Bertz CT molecular complexity index is 1250. The molecule has 0 aliphatic heterocycles. The van der Waals surface area contributed by atoms with Gasteiger partial charge < -0.3 is 20.2 Å². The average molecular weight is 374 g/mol. The highest BCUT2D eigenvalue weighted by atomic mass is 16.4. The Hall–Kier alpha value is -3.80. The number of pyridine rings is 1. The van der Waals surface area contributed by atoms with Crippen molar-refractivity contribution in [2.75, 3.05) is 0 Å². The Morgan fingerprint density at radius 1 is 1.00 bits per heavy atom. The summed E-state index contributed by atoms with van der Waals surface area (Å²) >= 11 is 0. The third-order valence-electron chi connectivity index (χ3n) is 4.85. The first-order chi connectivity index (χ1) is 13.5. The molecule has 2 heterocycles.